The number of carbonyl (C=O) groups is 2. The second kappa shape index (κ2) is 4.50. The first kappa shape index (κ1) is 11.5. The summed E-state index contributed by atoms with van der Waals surface area (Å²) in [5.74, 6) is -1.17. The molecule has 0 aliphatic carbocycles. The smallest absolute Gasteiger partial charge is 0.257 e. The van der Waals surface area contributed by atoms with Crippen LogP contribution in [0.3, 0.4) is 0 Å². The number of rotatable bonds is 1. The molecule has 17 heavy (non-hydrogen) atoms. The number of nitrogens with two attached hydrogens (primary N) is 1. The van der Waals surface area contributed by atoms with Gasteiger partial charge < -0.3 is 16.0 Å². The second-order valence-electron chi connectivity index (χ2n) is 3.74. The highest BCUT2D eigenvalue weighted by Gasteiger charge is 2.30. The molecule has 1 aromatic carbocycles. The van der Waals surface area contributed by atoms with Gasteiger partial charge in [0.25, 0.3) is 11.8 Å². The van der Waals surface area contributed by atoms with E-state index in [1.54, 1.807) is 0 Å². The molecule has 1 heterocycles. The number of piperazine rings is 1. The van der Waals surface area contributed by atoms with E-state index in [1.807, 2.05) is 0 Å². The quantitative estimate of drug-likeness (QED) is 0.703. The Hall–Kier alpha value is -1.95. The van der Waals surface area contributed by atoms with Gasteiger partial charge in [0.05, 0.1) is 0 Å². The van der Waals surface area contributed by atoms with Gasteiger partial charge in [-0.1, -0.05) is 0 Å². The summed E-state index contributed by atoms with van der Waals surface area (Å²) in [6.07, 6.45) is -0.985. The number of nitrogens with one attached hydrogen (secondary N) is 1. The van der Waals surface area contributed by atoms with Crippen LogP contribution in [0.25, 0.3) is 0 Å². The fourth-order valence-corrected chi connectivity index (χ4v) is 1.67. The first-order chi connectivity index (χ1) is 8.09. The Balaban J connectivity index is 2.19. The number of amides is 2. The molecule has 1 atom stereocenters. The first-order valence-electron chi connectivity index (χ1n) is 5.19. The molecule has 0 radical (unpaired) electrons. The number of carbonyl (C=O) groups excluding carboxylic acids is 2. The predicted octanol–water partition coefficient (Wildman–Crippen LogP) is -0.317. The zero-order valence-electron chi connectivity index (χ0n) is 9.02. The van der Waals surface area contributed by atoms with Gasteiger partial charge in [-0.3, -0.25) is 9.59 Å². The van der Waals surface area contributed by atoms with Crippen LogP contribution < -0.4 is 11.1 Å². The van der Waals surface area contributed by atoms with E-state index in [4.69, 9.17) is 5.73 Å². The van der Waals surface area contributed by atoms with E-state index in [0.29, 0.717) is 18.7 Å². The fraction of sp³-hybridized carbons (Fsp3) is 0.273. The Morgan fingerprint density at radius 2 is 2.06 bits per heavy atom. The molecule has 3 N–H and O–H groups in total. The molecule has 2 rings (SSSR count). The molecule has 5 nitrogen and oxygen atoms in total. The summed E-state index contributed by atoms with van der Waals surface area (Å²) < 4.78 is 12.7. The zero-order chi connectivity index (χ0) is 12.4. The third kappa shape index (κ3) is 2.26. The lowest BCUT2D eigenvalue weighted by molar-refractivity contribution is -0.127. The largest absolute Gasteiger partial charge is 0.351 e. The van der Waals surface area contributed by atoms with Crippen molar-refractivity contribution in [2.45, 2.75) is 6.17 Å². The van der Waals surface area contributed by atoms with Crippen LogP contribution in [0.4, 0.5) is 4.39 Å². The predicted molar refractivity (Wildman–Crippen MR) is 58.4 cm³/mol. The average Bonchev–Trinajstić information content (AvgIpc) is 2.33. The SMILES string of the molecule is NC1C(=O)NCCN1C(=O)c1ccc(F)cc1. The van der Waals surface area contributed by atoms with Gasteiger partial charge in [-0.05, 0) is 24.3 Å². The molecule has 0 aromatic heterocycles. The van der Waals surface area contributed by atoms with E-state index in [2.05, 4.69) is 5.32 Å². The van der Waals surface area contributed by atoms with Crippen LogP contribution in [0, 0.1) is 5.82 Å². The standard InChI is InChI=1S/C11H12FN3O2/c12-8-3-1-7(2-4-8)11(17)15-6-5-14-10(16)9(15)13/h1-4,9H,5-6,13H2,(H,14,16). The lowest BCUT2D eigenvalue weighted by Gasteiger charge is -2.32. The van der Waals surface area contributed by atoms with Crippen molar-refractivity contribution in [3.63, 3.8) is 0 Å². The zero-order valence-corrected chi connectivity index (χ0v) is 9.02. The highest BCUT2D eigenvalue weighted by Crippen LogP contribution is 2.09. The third-order valence-corrected chi connectivity index (χ3v) is 2.61. The van der Waals surface area contributed by atoms with Gasteiger partial charge in [-0.25, -0.2) is 4.39 Å². The van der Waals surface area contributed by atoms with Crippen LogP contribution in [0.1, 0.15) is 10.4 Å². The molecule has 1 unspecified atom stereocenters. The van der Waals surface area contributed by atoms with Gasteiger partial charge >= 0.3 is 0 Å². The van der Waals surface area contributed by atoms with E-state index >= 15 is 0 Å². The van der Waals surface area contributed by atoms with Gasteiger partial charge in [0.2, 0.25) is 0 Å². The van der Waals surface area contributed by atoms with Crippen LogP contribution in [0.2, 0.25) is 0 Å². The summed E-state index contributed by atoms with van der Waals surface area (Å²) in [7, 11) is 0. The number of halogens is 1. The number of nitrogens with zero attached hydrogens (tertiary/aromatic N) is 1. The first-order valence-corrected chi connectivity index (χ1v) is 5.19. The lowest BCUT2D eigenvalue weighted by Crippen LogP contribution is -2.61. The Labute approximate surface area is 97.4 Å². The molecule has 90 valence electrons. The molecule has 0 spiro atoms. The maximum absolute atomic E-state index is 12.7. The van der Waals surface area contributed by atoms with Gasteiger partial charge in [0, 0.05) is 18.7 Å². The molecule has 1 fully saturated rings. The fourth-order valence-electron chi connectivity index (χ4n) is 1.67. The highest BCUT2D eigenvalue weighted by molar-refractivity contribution is 5.97. The van der Waals surface area contributed by atoms with Crippen molar-refractivity contribution in [3.8, 4) is 0 Å². The molecular formula is C11H12FN3O2. The van der Waals surface area contributed by atoms with Crippen molar-refractivity contribution in [2.24, 2.45) is 5.73 Å². The molecule has 2 amide bonds. The Kier molecular flexibility index (Phi) is 3.06. The summed E-state index contributed by atoms with van der Waals surface area (Å²) in [5.41, 5.74) is 5.93. The summed E-state index contributed by atoms with van der Waals surface area (Å²) in [6, 6.07) is 5.14. The minimum absolute atomic E-state index is 0.316. The van der Waals surface area contributed by atoms with Crippen LogP contribution in [0.15, 0.2) is 24.3 Å². The van der Waals surface area contributed by atoms with E-state index in [-0.39, 0.29) is 11.8 Å². The number of benzene rings is 1. The second-order valence-corrected chi connectivity index (χ2v) is 3.74. The molecular weight excluding hydrogens is 225 g/mol. The molecule has 1 aliphatic rings. The van der Waals surface area contributed by atoms with Crippen molar-refractivity contribution >= 4 is 11.8 Å². The van der Waals surface area contributed by atoms with Crippen molar-refractivity contribution in [1.82, 2.24) is 10.2 Å². The van der Waals surface area contributed by atoms with Gasteiger partial charge in [-0.15, -0.1) is 0 Å². The van der Waals surface area contributed by atoms with Crippen LogP contribution in [-0.2, 0) is 4.79 Å². The van der Waals surface area contributed by atoms with Crippen LogP contribution in [-0.4, -0.2) is 36.0 Å². The summed E-state index contributed by atoms with van der Waals surface area (Å²) in [6.45, 7) is 0.725. The van der Waals surface area contributed by atoms with Crippen molar-refractivity contribution < 1.29 is 14.0 Å². The molecule has 6 heteroatoms. The normalized spacial score (nSPS) is 20.0. The Morgan fingerprint density at radius 1 is 1.41 bits per heavy atom. The minimum atomic E-state index is -0.985. The summed E-state index contributed by atoms with van der Waals surface area (Å²) in [5, 5.41) is 2.56. The van der Waals surface area contributed by atoms with Crippen molar-refractivity contribution in [1.29, 1.82) is 0 Å². The van der Waals surface area contributed by atoms with E-state index in [1.165, 1.54) is 29.2 Å². The number of hydrogen-bond acceptors (Lipinski definition) is 3. The van der Waals surface area contributed by atoms with E-state index in [0.717, 1.165) is 0 Å². The maximum Gasteiger partial charge on any atom is 0.257 e. The summed E-state index contributed by atoms with van der Waals surface area (Å²) in [4.78, 5) is 24.6. The maximum atomic E-state index is 12.7. The number of hydrogen-bond donors (Lipinski definition) is 2. The molecule has 0 bridgehead atoms. The highest BCUT2D eigenvalue weighted by atomic mass is 19.1. The summed E-state index contributed by atoms with van der Waals surface area (Å²) >= 11 is 0. The Bertz CT molecular complexity index is 447. The lowest BCUT2D eigenvalue weighted by atomic mass is 10.1. The van der Waals surface area contributed by atoms with E-state index < -0.39 is 12.0 Å². The van der Waals surface area contributed by atoms with Gasteiger partial charge in [0.1, 0.15) is 5.82 Å². The van der Waals surface area contributed by atoms with Crippen molar-refractivity contribution in [2.75, 3.05) is 13.1 Å². The molecule has 1 aliphatic heterocycles. The molecule has 0 saturated carbocycles. The average molecular weight is 237 g/mol. The third-order valence-electron chi connectivity index (χ3n) is 2.61. The molecule has 1 aromatic rings. The van der Waals surface area contributed by atoms with Gasteiger partial charge in [0.15, 0.2) is 6.17 Å². The monoisotopic (exact) mass is 237 g/mol. The van der Waals surface area contributed by atoms with Crippen LogP contribution >= 0.6 is 0 Å². The molecule has 1 saturated heterocycles. The Morgan fingerprint density at radius 3 is 2.71 bits per heavy atom. The van der Waals surface area contributed by atoms with Gasteiger partial charge in [-0.2, -0.15) is 0 Å². The van der Waals surface area contributed by atoms with E-state index in [9.17, 15) is 14.0 Å². The topological polar surface area (TPSA) is 75.4 Å². The van der Waals surface area contributed by atoms with Crippen molar-refractivity contribution in [3.05, 3.63) is 35.6 Å². The minimum Gasteiger partial charge on any atom is -0.351 e. The van der Waals surface area contributed by atoms with Crippen LogP contribution in [0.5, 0.6) is 0 Å².